The normalized spacial score (nSPS) is 11.0. The molecule has 0 aliphatic heterocycles. The van der Waals surface area contributed by atoms with Gasteiger partial charge in [0.05, 0.1) is 5.16 Å². The molecule has 2 aromatic rings. The Balaban J connectivity index is 1.90. The van der Waals surface area contributed by atoms with E-state index >= 15 is 0 Å². The zero-order valence-corrected chi connectivity index (χ0v) is 16.3. The number of ether oxygens (including phenoxy) is 1. The Hall–Kier alpha value is -3.02. The fourth-order valence-corrected chi connectivity index (χ4v) is 2.60. The molecule has 0 saturated heterocycles. The molecular weight excluding hydrogens is 374 g/mol. The van der Waals surface area contributed by atoms with E-state index in [4.69, 9.17) is 4.74 Å². The first-order valence-corrected chi connectivity index (χ1v) is 9.46. The highest BCUT2D eigenvalue weighted by Gasteiger charge is 2.21. The third-order valence-electron chi connectivity index (χ3n) is 3.94. The number of unbranched alkanes of at least 4 members (excludes halogenated alkanes) is 1. The highest BCUT2D eigenvalue weighted by atomic mass is 32.1. The van der Waals surface area contributed by atoms with Crippen molar-refractivity contribution >= 4 is 35.1 Å². The second-order valence-corrected chi connectivity index (χ2v) is 6.27. The van der Waals surface area contributed by atoms with Crippen molar-refractivity contribution in [2.45, 2.75) is 31.9 Å². The first-order chi connectivity index (χ1) is 13.7. The van der Waals surface area contributed by atoms with Gasteiger partial charge in [-0.25, -0.2) is 9.79 Å². The van der Waals surface area contributed by atoms with Gasteiger partial charge < -0.3 is 15.4 Å². The molecule has 7 heteroatoms. The molecule has 146 valence electrons. The second-order valence-electron chi connectivity index (χ2n) is 6.08. The monoisotopic (exact) mass is 397 g/mol. The number of amides is 2. The fourth-order valence-electron chi connectivity index (χ4n) is 2.51. The van der Waals surface area contributed by atoms with Gasteiger partial charge in [-0.3, -0.25) is 4.79 Å². The molecule has 2 amide bonds. The third kappa shape index (κ3) is 8.12. The van der Waals surface area contributed by atoms with Gasteiger partial charge in [0.15, 0.2) is 0 Å². The van der Waals surface area contributed by atoms with Crippen LogP contribution in [-0.2, 0) is 16.1 Å². The molecule has 0 bridgehead atoms. The summed E-state index contributed by atoms with van der Waals surface area (Å²) >= 11 is 4.54. The molecule has 6 nitrogen and oxygen atoms in total. The summed E-state index contributed by atoms with van der Waals surface area (Å²) in [6.45, 7) is 0.693. The molecule has 0 aliphatic rings. The van der Waals surface area contributed by atoms with E-state index in [-0.39, 0.29) is 12.5 Å². The van der Waals surface area contributed by atoms with E-state index in [0.717, 1.165) is 12.0 Å². The minimum atomic E-state index is -0.708. The number of alkyl carbamates (subject to hydrolysis) is 1. The van der Waals surface area contributed by atoms with E-state index in [1.165, 1.54) is 0 Å². The number of hydrogen-bond donors (Lipinski definition) is 2. The lowest BCUT2D eigenvalue weighted by Gasteiger charge is -2.18. The molecule has 28 heavy (non-hydrogen) atoms. The van der Waals surface area contributed by atoms with Crippen molar-refractivity contribution in [3.05, 3.63) is 66.2 Å². The smallest absolute Gasteiger partial charge is 0.408 e. The van der Waals surface area contributed by atoms with Crippen molar-refractivity contribution in [3.8, 4) is 0 Å². The van der Waals surface area contributed by atoms with Crippen molar-refractivity contribution in [1.29, 1.82) is 0 Å². The van der Waals surface area contributed by atoms with Crippen LogP contribution in [0.3, 0.4) is 0 Å². The van der Waals surface area contributed by atoms with Crippen molar-refractivity contribution in [3.63, 3.8) is 0 Å². The summed E-state index contributed by atoms with van der Waals surface area (Å²) in [6, 6.07) is 17.8. The standard InChI is InChI=1S/C21H23N3O3S/c25-20(23-18-11-5-2-6-12-18)19(13-7-8-14-22-16-28)24-21(26)27-15-17-9-3-1-4-10-17/h1-6,9-12,19H,7-8,13-15H2,(H,23,25)(H,24,26)/t19-/m0/s1. The predicted octanol–water partition coefficient (Wildman–Crippen LogP) is 4.19. The van der Waals surface area contributed by atoms with Crippen LogP contribution in [0.2, 0.25) is 0 Å². The van der Waals surface area contributed by atoms with Crippen molar-refractivity contribution in [2.24, 2.45) is 4.99 Å². The zero-order valence-electron chi connectivity index (χ0n) is 15.5. The summed E-state index contributed by atoms with van der Waals surface area (Å²) in [5, 5.41) is 7.78. The Labute approximate surface area is 170 Å². The number of carbonyl (C=O) groups excluding carboxylic acids is 2. The molecule has 2 aromatic carbocycles. The lowest BCUT2D eigenvalue weighted by Crippen LogP contribution is -2.44. The third-order valence-corrected chi connectivity index (χ3v) is 4.07. The van der Waals surface area contributed by atoms with Gasteiger partial charge in [0, 0.05) is 12.2 Å². The number of benzene rings is 2. The van der Waals surface area contributed by atoms with Crippen molar-refractivity contribution in [2.75, 3.05) is 11.9 Å². The van der Waals surface area contributed by atoms with Gasteiger partial charge in [0.2, 0.25) is 5.91 Å². The molecule has 0 fully saturated rings. The SMILES string of the molecule is O=C(N[C@@H](CCCCN=C=S)C(=O)Nc1ccccc1)OCc1ccccc1. The Morgan fingerprint density at radius 1 is 1.04 bits per heavy atom. The van der Waals surface area contributed by atoms with Crippen molar-refractivity contribution in [1.82, 2.24) is 5.32 Å². The molecule has 0 heterocycles. The van der Waals surface area contributed by atoms with E-state index < -0.39 is 12.1 Å². The highest BCUT2D eigenvalue weighted by Crippen LogP contribution is 2.09. The number of para-hydroxylation sites is 1. The highest BCUT2D eigenvalue weighted by molar-refractivity contribution is 7.78. The maximum atomic E-state index is 12.6. The van der Waals surface area contributed by atoms with Gasteiger partial charge in [-0.15, -0.1) is 0 Å². The minimum absolute atomic E-state index is 0.142. The number of anilines is 1. The van der Waals surface area contributed by atoms with Crippen LogP contribution in [-0.4, -0.2) is 29.7 Å². The van der Waals surface area contributed by atoms with Gasteiger partial charge in [-0.2, -0.15) is 0 Å². The largest absolute Gasteiger partial charge is 0.445 e. The Morgan fingerprint density at radius 2 is 1.71 bits per heavy atom. The summed E-state index contributed by atoms with van der Waals surface area (Å²) in [4.78, 5) is 28.6. The molecule has 0 saturated carbocycles. The Kier molecular flexibility index (Phi) is 9.41. The van der Waals surface area contributed by atoms with Crippen LogP contribution < -0.4 is 10.6 Å². The zero-order chi connectivity index (χ0) is 20.0. The number of hydrogen-bond acceptors (Lipinski definition) is 5. The molecule has 0 aliphatic carbocycles. The number of aliphatic imine (C=N–C) groups is 1. The topological polar surface area (TPSA) is 79.8 Å². The number of carbonyl (C=O) groups is 2. The number of thiocarbonyl (C=S) groups is 1. The number of rotatable bonds is 10. The van der Waals surface area contributed by atoms with Crippen LogP contribution in [0.5, 0.6) is 0 Å². The molecule has 2 N–H and O–H groups in total. The lowest BCUT2D eigenvalue weighted by molar-refractivity contribution is -0.118. The molecule has 0 spiro atoms. The minimum Gasteiger partial charge on any atom is -0.445 e. The summed E-state index contributed by atoms with van der Waals surface area (Å²) in [5.74, 6) is -0.291. The lowest BCUT2D eigenvalue weighted by atomic mass is 10.1. The summed E-state index contributed by atoms with van der Waals surface area (Å²) in [7, 11) is 0. The van der Waals surface area contributed by atoms with Crippen LogP contribution in [0.4, 0.5) is 10.5 Å². The average Bonchev–Trinajstić information content (AvgIpc) is 2.72. The first kappa shape index (κ1) is 21.3. The van der Waals surface area contributed by atoms with Crippen LogP contribution in [0, 0.1) is 0 Å². The van der Waals surface area contributed by atoms with E-state index in [1.54, 1.807) is 12.1 Å². The quantitative estimate of drug-likeness (QED) is 0.358. The van der Waals surface area contributed by atoms with Gasteiger partial charge in [0.25, 0.3) is 0 Å². The average molecular weight is 398 g/mol. The fraction of sp³-hybridized carbons (Fsp3) is 0.286. The molecule has 2 rings (SSSR count). The van der Waals surface area contributed by atoms with E-state index in [1.807, 2.05) is 48.5 Å². The van der Waals surface area contributed by atoms with Crippen molar-refractivity contribution < 1.29 is 14.3 Å². The molecule has 0 aromatic heterocycles. The second kappa shape index (κ2) is 12.4. The molecule has 0 unspecified atom stereocenters. The predicted molar refractivity (Wildman–Crippen MR) is 112 cm³/mol. The van der Waals surface area contributed by atoms with Gasteiger partial charge in [-0.05, 0) is 49.2 Å². The molecular formula is C21H23N3O3S. The van der Waals surface area contributed by atoms with Gasteiger partial charge in [0.1, 0.15) is 12.6 Å². The van der Waals surface area contributed by atoms with E-state index in [2.05, 4.69) is 33.0 Å². The molecule has 1 atom stereocenters. The van der Waals surface area contributed by atoms with E-state index in [9.17, 15) is 9.59 Å². The molecule has 0 radical (unpaired) electrons. The number of nitrogens with zero attached hydrogens (tertiary/aromatic N) is 1. The van der Waals surface area contributed by atoms with Crippen LogP contribution in [0.15, 0.2) is 65.7 Å². The Morgan fingerprint density at radius 3 is 2.39 bits per heavy atom. The van der Waals surface area contributed by atoms with Gasteiger partial charge >= 0.3 is 6.09 Å². The summed E-state index contributed by atoms with van der Waals surface area (Å²) in [6.07, 6.45) is 1.28. The maximum absolute atomic E-state index is 12.6. The van der Waals surface area contributed by atoms with Crippen LogP contribution in [0.1, 0.15) is 24.8 Å². The first-order valence-electron chi connectivity index (χ1n) is 9.06. The van der Waals surface area contributed by atoms with Crippen LogP contribution in [0.25, 0.3) is 0 Å². The number of nitrogens with one attached hydrogen (secondary N) is 2. The van der Waals surface area contributed by atoms with Gasteiger partial charge in [-0.1, -0.05) is 48.5 Å². The Bertz CT molecular complexity index is 793. The number of isothiocyanates is 1. The van der Waals surface area contributed by atoms with E-state index in [0.29, 0.717) is 25.1 Å². The summed E-state index contributed by atoms with van der Waals surface area (Å²) < 4.78 is 5.23. The van der Waals surface area contributed by atoms with Crippen LogP contribution >= 0.6 is 12.2 Å². The maximum Gasteiger partial charge on any atom is 0.408 e. The summed E-state index contributed by atoms with van der Waals surface area (Å²) in [5.41, 5.74) is 1.54.